The SMILES string of the molecule is CC(C)(C)NCC1CCN(Cc2ccc(Cl)cc2)C1. The van der Waals surface area contributed by atoms with Crippen molar-refractivity contribution in [2.24, 2.45) is 5.92 Å². The van der Waals surface area contributed by atoms with Crippen molar-refractivity contribution in [3.63, 3.8) is 0 Å². The Hall–Kier alpha value is -0.570. The number of rotatable bonds is 4. The average Bonchev–Trinajstić information content (AvgIpc) is 2.77. The lowest BCUT2D eigenvalue weighted by Gasteiger charge is -2.23. The van der Waals surface area contributed by atoms with E-state index in [1.807, 2.05) is 12.1 Å². The van der Waals surface area contributed by atoms with Crippen molar-refractivity contribution in [3.05, 3.63) is 34.9 Å². The first-order valence-electron chi connectivity index (χ1n) is 7.14. The van der Waals surface area contributed by atoms with Gasteiger partial charge in [0.2, 0.25) is 0 Å². The lowest BCUT2D eigenvalue weighted by atomic mass is 10.1. The molecule has 1 heterocycles. The molecule has 106 valence electrons. The van der Waals surface area contributed by atoms with Crippen molar-refractivity contribution in [2.75, 3.05) is 19.6 Å². The molecule has 19 heavy (non-hydrogen) atoms. The van der Waals surface area contributed by atoms with Crippen molar-refractivity contribution in [1.82, 2.24) is 10.2 Å². The van der Waals surface area contributed by atoms with Crippen LogP contribution in [0, 0.1) is 5.92 Å². The first-order valence-corrected chi connectivity index (χ1v) is 7.52. The Kier molecular flexibility index (Phi) is 4.88. The van der Waals surface area contributed by atoms with Crippen LogP contribution < -0.4 is 5.32 Å². The monoisotopic (exact) mass is 280 g/mol. The summed E-state index contributed by atoms with van der Waals surface area (Å²) in [6.07, 6.45) is 1.30. The normalized spacial score (nSPS) is 20.9. The van der Waals surface area contributed by atoms with Gasteiger partial charge in [-0.2, -0.15) is 0 Å². The molecule has 1 saturated heterocycles. The van der Waals surface area contributed by atoms with Crippen LogP contribution in [0.4, 0.5) is 0 Å². The van der Waals surface area contributed by atoms with Gasteiger partial charge in [-0.25, -0.2) is 0 Å². The summed E-state index contributed by atoms with van der Waals surface area (Å²) in [6, 6.07) is 8.21. The maximum Gasteiger partial charge on any atom is 0.0406 e. The topological polar surface area (TPSA) is 15.3 Å². The second kappa shape index (κ2) is 6.25. The minimum Gasteiger partial charge on any atom is -0.312 e. The van der Waals surface area contributed by atoms with E-state index in [9.17, 15) is 0 Å². The van der Waals surface area contributed by atoms with E-state index in [1.165, 1.54) is 25.1 Å². The van der Waals surface area contributed by atoms with Crippen LogP contribution >= 0.6 is 11.6 Å². The molecule has 1 aliphatic rings. The summed E-state index contributed by atoms with van der Waals surface area (Å²) in [5, 5.41) is 4.43. The zero-order chi connectivity index (χ0) is 13.9. The first-order chi connectivity index (χ1) is 8.92. The zero-order valence-electron chi connectivity index (χ0n) is 12.2. The minimum atomic E-state index is 0.226. The molecule has 0 spiro atoms. The van der Waals surface area contributed by atoms with Gasteiger partial charge in [0.05, 0.1) is 0 Å². The van der Waals surface area contributed by atoms with E-state index in [4.69, 9.17) is 11.6 Å². The number of benzene rings is 1. The molecule has 1 N–H and O–H groups in total. The summed E-state index contributed by atoms with van der Waals surface area (Å²) < 4.78 is 0. The first kappa shape index (κ1) is 14.8. The molecule has 1 aliphatic heterocycles. The van der Waals surface area contributed by atoms with Crippen molar-refractivity contribution in [1.29, 1.82) is 0 Å². The summed E-state index contributed by atoms with van der Waals surface area (Å²) in [7, 11) is 0. The average molecular weight is 281 g/mol. The molecule has 0 bridgehead atoms. The summed E-state index contributed by atoms with van der Waals surface area (Å²) in [5.41, 5.74) is 1.58. The highest BCUT2D eigenvalue weighted by molar-refractivity contribution is 6.30. The van der Waals surface area contributed by atoms with Crippen LogP contribution in [0.25, 0.3) is 0 Å². The van der Waals surface area contributed by atoms with Crippen LogP contribution in [0.3, 0.4) is 0 Å². The van der Waals surface area contributed by atoms with Gasteiger partial charge in [0.1, 0.15) is 0 Å². The molecule has 1 aromatic carbocycles. The maximum atomic E-state index is 5.91. The summed E-state index contributed by atoms with van der Waals surface area (Å²) in [5.74, 6) is 0.784. The quantitative estimate of drug-likeness (QED) is 0.907. The van der Waals surface area contributed by atoms with Gasteiger partial charge in [0.25, 0.3) is 0 Å². The molecular formula is C16H25ClN2. The molecule has 2 nitrogen and oxygen atoms in total. The van der Waals surface area contributed by atoms with Crippen molar-refractivity contribution in [3.8, 4) is 0 Å². The molecule has 0 aliphatic carbocycles. The van der Waals surface area contributed by atoms with E-state index >= 15 is 0 Å². The Morgan fingerprint density at radius 3 is 2.58 bits per heavy atom. The molecular weight excluding hydrogens is 256 g/mol. The third-order valence-electron chi connectivity index (χ3n) is 3.61. The fourth-order valence-corrected chi connectivity index (χ4v) is 2.65. The van der Waals surface area contributed by atoms with Crippen LogP contribution in [-0.4, -0.2) is 30.1 Å². The van der Waals surface area contributed by atoms with E-state index in [0.29, 0.717) is 0 Å². The van der Waals surface area contributed by atoms with Crippen LogP contribution in [0.5, 0.6) is 0 Å². The Bertz CT molecular complexity index is 394. The van der Waals surface area contributed by atoms with Crippen LogP contribution in [-0.2, 0) is 6.54 Å². The van der Waals surface area contributed by atoms with Gasteiger partial charge >= 0.3 is 0 Å². The van der Waals surface area contributed by atoms with Gasteiger partial charge in [-0.15, -0.1) is 0 Å². The van der Waals surface area contributed by atoms with Gasteiger partial charge in [-0.1, -0.05) is 23.7 Å². The highest BCUT2D eigenvalue weighted by atomic mass is 35.5. The molecule has 2 rings (SSSR count). The minimum absolute atomic E-state index is 0.226. The van der Waals surface area contributed by atoms with E-state index < -0.39 is 0 Å². The smallest absolute Gasteiger partial charge is 0.0406 e. The standard InChI is InChI=1S/C16H25ClN2/c1-16(2,3)18-10-14-8-9-19(12-14)11-13-4-6-15(17)7-5-13/h4-7,14,18H,8-12H2,1-3H3. The maximum absolute atomic E-state index is 5.91. The van der Waals surface area contributed by atoms with Gasteiger partial charge < -0.3 is 5.32 Å². The molecule has 1 unspecified atom stereocenters. The van der Waals surface area contributed by atoms with Crippen LogP contribution in [0.15, 0.2) is 24.3 Å². The van der Waals surface area contributed by atoms with Crippen LogP contribution in [0.2, 0.25) is 5.02 Å². The Balaban J connectivity index is 1.77. The molecule has 3 heteroatoms. The molecule has 1 aromatic rings. The number of likely N-dealkylation sites (tertiary alicyclic amines) is 1. The second-order valence-electron chi connectivity index (χ2n) is 6.65. The lowest BCUT2D eigenvalue weighted by molar-refractivity contribution is 0.305. The number of nitrogens with zero attached hydrogens (tertiary/aromatic N) is 1. The predicted octanol–water partition coefficient (Wildman–Crippen LogP) is 3.55. The molecule has 0 radical (unpaired) electrons. The Morgan fingerprint density at radius 1 is 1.26 bits per heavy atom. The third kappa shape index (κ3) is 5.13. The third-order valence-corrected chi connectivity index (χ3v) is 3.86. The number of nitrogens with one attached hydrogen (secondary N) is 1. The molecule has 0 saturated carbocycles. The number of hydrogen-bond acceptors (Lipinski definition) is 2. The number of halogens is 1. The van der Waals surface area contributed by atoms with E-state index in [2.05, 4.69) is 43.1 Å². The summed E-state index contributed by atoms with van der Waals surface area (Å²) in [6.45, 7) is 11.3. The van der Waals surface area contributed by atoms with Gasteiger partial charge in [-0.05, 0) is 63.9 Å². The highest BCUT2D eigenvalue weighted by Crippen LogP contribution is 2.19. The van der Waals surface area contributed by atoms with Crippen molar-refractivity contribution in [2.45, 2.75) is 39.3 Å². The summed E-state index contributed by atoms with van der Waals surface area (Å²) in [4.78, 5) is 2.54. The highest BCUT2D eigenvalue weighted by Gasteiger charge is 2.23. The second-order valence-corrected chi connectivity index (χ2v) is 7.08. The van der Waals surface area contributed by atoms with Crippen molar-refractivity contribution >= 4 is 11.6 Å². The Labute approximate surface area is 122 Å². The zero-order valence-corrected chi connectivity index (χ0v) is 13.0. The van der Waals surface area contributed by atoms with Crippen LogP contribution in [0.1, 0.15) is 32.8 Å². The van der Waals surface area contributed by atoms with Gasteiger partial charge in [-0.3, -0.25) is 4.90 Å². The Morgan fingerprint density at radius 2 is 1.95 bits per heavy atom. The van der Waals surface area contributed by atoms with Crippen molar-refractivity contribution < 1.29 is 0 Å². The lowest BCUT2D eigenvalue weighted by Crippen LogP contribution is -2.39. The molecule has 1 atom stereocenters. The molecule has 0 amide bonds. The number of hydrogen-bond donors (Lipinski definition) is 1. The molecule has 0 aromatic heterocycles. The van der Waals surface area contributed by atoms with E-state index in [1.54, 1.807) is 0 Å². The van der Waals surface area contributed by atoms with Gasteiger partial charge in [0.15, 0.2) is 0 Å². The van der Waals surface area contributed by atoms with E-state index in [0.717, 1.165) is 24.0 Å². The fourth-order valence-electron chi connectivity index (χ4n) is 2.52. The predicted molar refractivity (Wildman–Crippen MR) is 82.6 cm³/mol. The summed E-state index contributed by atoms with van der Waals surface area (Å²) >= 11 is 5.91. The fraction of sp³-hybridized carbons (Fsp3) is 0.625. The van der Waals surface area contributed by atoms with E-state index in [-0.39, 0.29) is 5.54 Å². The van der Waals surface area contributed by atoms with Gasteiger partial charge in [0, 0.05) is 23.7 Å². The molecule has 1 fully saturated rings. The largest absolute Gasteiger partial charge is 0.312 e.